The van der Waals surface area contributed by atoms with E-state index in [1.807, 2.05) is 7.05 Å². The normalized spacial score (nSPS) is 21.8. The summed E-state index contributed by atoms with van der Waals surface area (Å²) in [7, 11) is -0.940. The summed E-state index contributed by atoms with van der Waals surface area (Å²) in [5.41, 5.74) is 0. The molecule has 0 aromatic carbocycles. The van der Waals surface area contributed by atoms with E-state index < -0.39 is 9.84 Å². The molecule has 0 spiro atoms. The van der Waals surface area contributed by atoms with Crippen LogP contribution in [0.15, 0.2) is 0 Å². The largest absolute Gasteiger partial charge is 0.318 e. The van der Waals surface area contributed by atoms with Crippen LogP contribution in [0.5, 0.6) is 0 Å². The van der Waals surface area contributed by atoms with Crippen LogP contribution in [-0.2, 0) is 9.84 Å². The van der Waals surface area contributed by atoms with E-state index in [9.17, 15) is 8.42 Å². The van der Waals surface area contributed by atoms with E-state index in [1.165, 1.54) is 12.8 Å². The third-order valence-electron chi connectivity index (χ3n) is 3.32. The van der Waals surface area contributed by atoms with Crippen LogP contribution < -0.4 is 5.32 Å². The highest BCUT2D eigenvalue weighted by Gasteiger charge is 2.25. The first-order valence-electron chi connectivity index (χ1n) is 6.07. The molecule has 1 aliphatic heterocycles. The third kappa shape index (κ3) is 5.12. The minimum absolute atomic E-state index is 0. The fourth-order valence-corrected chi connectivity index (χ4v) is 3.10. The van der Waals surface area contributed by atoms with Crippen molar-refractivity contribution in [2.75, 3.05) is 32.4 Å². The number of likely N-dealkylation sites (N-methyl/N-ethyl adjacent to an activating group) is 1. The van der Waals surface area contributed by atoms with E-state index in [0.717, 1.165) is 13.1 Å². The third-order valence-corrected chi connectivity index (χ3v) is 5.51. The minimum Gasteiger partial charge on any atom is -0.318 e. The second kappa shape index (κ2) is 7.56. The van der Waals surface area contributed by atoms with Crippen molar-refractivity contribution in [1.29, 1.82) is 0 Å². The topological polar surface area (TPSA) is 49.4 Å². The summed E-state index contributed by atoms with van der Waals surface area (Å²) in [6.45, 7) is 6.20. The average Bonchev–Trinajstić information content (AvgIpc) is 2.63. The SMILES string of the molecule is CNCC1CCCN1CCS(=O)(=O)C(C)C.Cl. The lowest BCUT2D eigenvalue weighted by molar-refractivity contribution is 0.264. The molecule has 0 radical (unpaired) electrons. The zero-order valence-electron chi connectivity index (χ0n) is 11.0. The van der Waals surface area contributed by atoms with Gasteiger partial charge < -0.3 is 5.32 Å². The van der Waals surface area contributed by atoms with Crippen molar-refractivity contribution in [2.24, 2.45) is 0 Å². The molecule has 4 nitrogen and oxygen atoms in total. The molecule has 17 heavy (non-hydrogen) atoms. The summed E-state index contributed by atoms with van der Waals surface area (Å²) < 4.78 is 23.4. The molecule has 1 fully saturated rings. The van der Waals surface area contributed by atoms with Gasteiger partial charge in [-0.1, -0.05) is 0 Å². The van der Waals surface area contributed by atoms with Gasteiger partial charge in [-0.3, -0.25) is 4.90 Å². The summed E-state index contributed by atoms with van der Waals surface area (Å²) in [6, 6.07) is 0.521. The minimum atomic E-state index is -2.89. The van der Waals surface area contributed by atoms with Gasteiger partial charge in [0.15, 0.2) is 9.84 Å². The molecule has 1 heterocycles. The first-order valence-corrected chi connectivity index (χ1v) is 7.79. The monoisotopic (exact) mass is 284 g/mol. The molecule has 0 aliphatic carbocycles. The molecule has 0 aromatic heterocycles. The molecule has 1 saturated heterocycles. The predicted octanol–water partition coefficient (Wildman–Crippen LogP) is 0.915. The van der Waals surface area contributed by atoms with Crippen molar-refractivity contribution in [1.82, 2.24) is 10.2 Å². The molecule has 1 unspecified atom stereocenters. The highest BCUT2D eigenvalue weighted by atomic mass is 35.5. The van der Waals surface area contributed by atoms with Crippen LogP contribution in [0, 0.1) is 0 Å². The van der Waals surface area contributed by atoms with Gasteiger partial charge in [0, 0.05) is 19.1 Å². The molecule has 0 amide bonds. The number of sulfone groups is 1. The van der Waals surface area contributed by atoms with Crippen molar-refractivity contribution < 1.29 is 8.42 Å². The number of halogens is 1. The fourth-order valence-electron chi connectivity index (χ4n) is 2.14. The summed E-state index contributed by atoms with van der Waals surface area (Å²) in [6.07, 6.45) is 2.37. The van der Waals surface area contributed by atoms with Crippen molar-refractivity contribution in [3.63, 3.8) is 0 Å². The Balaban J connectivity index is 0.00000256. The molecule has 0 bridgehead atoms. The van der Waals surface area contributed by atoms with Gasteiger partial charge in [0.25, 0.3) is 0 Å². The van der Waals surface area contributed by atoms with E-state index in [4.69, 9.17) is 0 Å². The second-order valence-corrected chi connectivity index (χ2v) is 7.48. The number of hydrogen-bond acceptors (Lipinski definition) is 4. The molecule has 0 saturated carbocycles. The average molecular weight is 285 g/mol. The summed E-state index contributed by atoms with van der Waals surface area (Å²) in [5.74, 6) is 0.297. The Morgan fingerprint density at radius 1 is 1.41 bits per heavy atom. The molecule has 0 aromatic rings. The maximum Gasteiger partial charge on any atom is 0.153 e. The Kier molecular flexibility index (Phi) is 7.63. The molecule has 1 N–H and O–H groups in total. The Hall–Kier alpha value is 0.160. The number of nitrogens with zero attached hydrogens (tertiary/aromatic N) is 1. The number of rotatable bonds is 6. The number of nitrogens with one attached hydrogen (secondary N) is 1. The van der Waals surface area contributed by atoms with Crippen LogP contribution in [0.4, 0.5) is 0 Å². The quantitative estimate of drug-likeness (QED) is 0.788. The summed E-state index contributed by atoms with van der Waals surface area (Å²) in [5, 5.41) is 2.92. The Morgan fingerprint density at radius 3 is 2.59 bits per heavy atom. The van der Waals surface area contributed by atoms with Crippen LogP contribution in [0.3, 0.4) is 0 Å². The van der Waals surface area contributed by atoms with Gasteiger partial charge in [-0.2, -0.15) is 0 Å². The number of hydrogen-bond donors (Lipinski definition) is 1. The van der Waals surface area contributed by atoms with Crippen LogP contribution >= 0.6 is 12.4 Å². The molecular formula is C11H25ClN2O2S. The van der Waals surface area contributed by atoms with E-state index in [1.54, 1.807) is 13.8 Å². The zero-order chi connectivity index (χ0) is 12.2. The molecule has 1 atom stereocenters. The highest BCUT2D eigenvalue weighted by Crippen LogP contribution is 2.16. The molecule has 6 heteroatoms. The van der Waals surface area contributed by atoms with Crippen molar-refractivity contribution in [2.45, 2.75) is 38.0 Å². The Bertz CT molecular complexity index is 307. The van der Waals surface area contributed by atoms with Crippen LogP contribution in [0.1, 0.15) is 26.7 Å². The summed E-state index contributed by atoms with van der Waals surface area (Å²) >= 11 is 0. The molecule has 1 aliphatic rings. The smallest absolute Gasteiger partial charge is 0.153 e. The second-order valence-electron chi connectivity index (χ2n) is 4.81. The van der Waals surface area contributed by atoms with E-state index in [0.29, 0.717) is 18.3 Å². The fraction of sp³-hybridized carbons (Fsp3) is 1.00. The van der Waals surface area contributed by atoms with Crippen LogP contribution in [0.2, 0.25) is 0 Å². The summed E-state index contributed by atoms with van der Waals surface area (Å²) in [4.78, 5) is 2.30. The lowest BCUT2D eigenvalue weighted by atomic mass is 10.2. The van der Waals surface area contributed by atoms with Gasteiger partial charge in [0.2, 0.25) is 0 Å². The first kappa shape index (κ1) is 17.2. The Morgan fingerprint density at radius 2 is 2.06 bits per heavy atom. The van der Waals surface area contributed by atoms with Gasteiger partial charge in [-0.05, 0) is 40.3 Å². The van der Waals surface area contributed by atoms with Gasteiger partial charge >= 0.3 is 0 Å². The molecule has 104 valence electrons. The van der Waals surface area contributed by atoms with Gasteiger partial charge in [0.05, 0.1) is 11.0 Å². The van der Waals surface area contributed by atoms with Gasteiger partial charge in [0.1, 0.15) is 0 Å². The van der Waals surface area contributed by atoms with Gasteiger partial charge in [-0.15, -0.1) is 12.4 Å². The van der Waals surface area contributed by atoms with Crippen molar-refractivity contribution in [3.05, 3.63) is 0 Å². The van der Waals surface area contributed by atoms with Crippen molar-refractivity contribution >= 4 is 22.2 Å². The van der Waals surface area contributed by atoms with Crippen LogP contribution in [-0.4, -0.2) is 57.0 Å². The highest BCUT2D eigenvalue weighted by molar-refractivity contribution is 7.92. The lowest BCUT2D eigenvalue weighted by Crippen LogP contribution is -2.40. The molecule has 1 rings (SSSR count). The maximum atomic E-state index is 11.7. The van der Waals surface area contributed by atoms with E-state index in [2.05, 4.69) is 10.2 Å². The molecular weight excluding hydrogens is 260 g/mol. The maximum absolute atomic E-state index is 11.7. The lowest BCUT2D eigenvalue weighted by Gasteiger charge is -2.24. The van der Waals surface area contributed by atoms with Crippen molar-refractivity contribution in [3.8, 4) is 0 Å². The zero-order valence-corrected chi connectivity index (χ0v) is 12.6. The number of likely N-dealkylation sites (tertiary alicyclic amines) is 1. The Labute approximate surface area is 111 Å². The predicted molar refractivity (Wildman–Crippen MR) is 74.7 cm³/mol. The van der Waals surface area contributed by atoms with E-state index in [-0.39, 0.29) is 17.7 Å². The van der Waals surface area contributed by atoms with E-state index >= 15 is 0 Å². The van der Waals surface area contributed by atoms with Crippen LogP contribution in [0.25, 0.3) is 0 Å². The standard InChI is InChI=1S/C11H24N2O2S.ClH/c1-10(2)16(14,15)8-7-13-6-4-5-11(13)9-12-3;/h10-12H,4-9H2,1-3H3;1H. The first-order chi connectivity index (χ1) is 7.47. The van der Waals surface area contributed by atoms with Gasteiger partial charge in [-0.25, -0.2) is 8.42 Å².